The van der Waals surface area contributed by atoms with Crippen LogP contribution in [0, 0.1) is 6.92 Å². The minimum Gasteiger partial charge on any atom is -0.481 e. The highest BCUT2D eigenvalue weighted by atomic mass is 16.4. The van der Waals surface area contributed by atoms with Crippen LogP contribution in [-0.2, 0) is 4.79 Å². The highest BCUT2D eigenvalue weighted by Crippen LogP contribution is 2.22. The predicted octanol–water partition coefficient (Wildman–Crippen LogP) is 2.75. The average molecular weight is 338 g/mol. The third-order valence-electron chi connectivity index (χ3n) is 3.51. The second-order valence-corrected chi connectivity index (χ2v) is 5.79. The number of carboxylic acids is 1. The zero-order valence-electron chi connectivity index (χ0n) is 13.9. The second kappa shape index (κ2) is 7.08. The maximum atomic E-state index is 10.8. The first kappa shape index (κ1) is 16.6. The number of aryl methyl sites for hydroxylation is 1. The summed E-state index contributed by atoms with van der Waals surface area (Å²) in [6, 6.07) is 7.61. The van der Waals surface area contributed by atoms with Crippen LogP contribution in [0.4, 0.5) is 17.5 Å². The number of hydrogen-bond donors (Lipinski definition) is 3. The van der Waals surface area contributed by atoms with E-state index in [9.17, 15) is 4.79 Å². The van der Waals surface area contributed by atoms with Gasteiger partial charge in [0.05, 0.1) is 12.6 Å². The molecule has 0 saturated heterocycles. The van der Waals surface area contributed by atoms with Crippen LogP contribution < -0.4 is 10.6 Å². The lowest BCUT2D eigenvalue weighted by molar-refractivity contribution is -0.137. The number of hydrogen-bond acceptors (Lipinski definition) is 7. The molecule has 2 heterocycles. The molecule has 0 aliphatic rings. The van der Waals surface area contributed by atoms with Crippen LogP contribution in [0.1, 0.15) is 18.9 Å². The Hall–Kier alpha value is -3.29. The van der Waals surface area contributed by atoms with Crippen molar-refractivity contribution in [1.29, 1.82) is 0 Å². The van der Waals surface area contributed by atoms with Gasteiger partial charge in [-0.15, -0.1) is 0 Å². The fraction of sp³-hybridized carbons (Fsp3) is 0.235. The zero-order valence-corrected chi connectivity index (χ0v) is 13.9. The number of nitrogens with one attached hydrogen (secondary N) is 2. The minimum absolute atomic E-state index is 0.0267. The van der Waals surface area contributed by atoms with Gasteiger partial charge in [-0.05, 0) is 31.5 Å². The number of benzene rings is 1. The molecule has 8 nitrogen and oxygen atoms in total. The highest BCUT2D eigenvalue weighted by Gasteiger charge is 2.12. The Morgan fingerprint density at radius 2 is 2.12 bits per heavy atom. The van der Waals surface area contributed by atoms with Gasteiger partial charge in [0.1, 0.15) is 17.4 Å². The first-order chi connectivity index (χ1) is 12.0. The van der Waals surface area contributed by atoms with Crippen molar-refractivity contribution < 1.29 is 9.90 Å². The van der Waals surface area contributed by atoms with Gasteiger partial charge in [-0.2, -0.15) is 0 Å². The Labute approximate surface area is 144 Å². The molecular weight excluding hydrogens is 320 g/mol. The van der Waals surface area contributed by atoms with Gasteiger partial charge in [-0.1, -0.05) is 12.1 Å². The molecule has 0 amide bonds. The Balaban J connectivity index is 1.90. The largest absolute Gasteiger partial charge is 0.481 e. The van der Waals surface area contributed by atoms with Crippen LogP contribution in [0.15, 0.2) is 36.8 Å². The summed E-state index contributed by atoms with van der Waals surface area (Å²) < 4.78 is 0. The fourth-order valence-electron chi connectivity index (χ4n) is 2.41. The number of anilines is 3. The van der Waals surface area contributed by atoms with E-state index in [0.29, 0.717) is 22.8 Å². The summed E-state index contributed by atoms with van der Waals surface area (Å²) in [6.07, 6.45) is 3.01. The van der Waals surface area contributed by atoms with Gasteiger partial charge in [0.15, 0.2) is 5.82 Å². The Morgan fingerprint density at radius 1 is 1.28 bits per heavy atom. The van der Waals surface area contributed by atoms with Gasteiger partial charge in [-0.25, -0.2) is 19.9 Å². The average Bonchev–Trinajstić information content (AvgIpc) is 2.54. The predicted molar refractivity (Wildman–Crippen MR) is 94.9 cm³/mol. The summed E-state index contributed by atoms with van der Waals surface area (Å²) in [4.78, 5) is 27.8. The fourth-order valence-corrected chi connectivity index (χ4v) is 2.41. The molecule has 3 aromatic rings. The van der Waals surface area contributed by atoms with E-state index in [1.165, 1.54) is 6.33 Å². The summed E-state index contributed by atoms with van der Waals surface area (Å²) in [7, 11) is 0. The maximum Gasteiger partial charge on any atom is 0.305 e. The van der Waals surface area contributed by atoms with E-state index in [4.69, 9.17) is 5.11 Å². The summed E-state index contributed by atoms with van der Waals surface area (Å²) >= 11 is 0. The zero-order chi connectivity index (χ0) is 17.8. The molecule has 1 aromatic carbocycles. The molecule has 8 heteroatoms. The monoisotopic (exact) mass is 338 g/mol. The van der Waals surface area contributed by atoms with Crippen molar-refractivity contribution in [2.45, 2.75) is 26.3 Å². The Bertz CT molecular complexity index is 915. The van der Waals surface area contributed by atoms with E-state index in [-0.39, 0.29) is 12.5 Å². The number of aliphatic carboxylic acids is 1. The van der Waals surface area contributed by atoms with E-state index in [0.717, 1.165) is 11.3 Å². The number of carbonyl (C=O) groups is 1. The topological polar surface area (TPSA) is 113 Å². The summed E-state index contributed by atoms with van der Waals surface area (Å²) in [5.41, 5.74) is 3.18. The van der Waals surface area contributed by atoms with Gasteiger partial charge in [0, 0.05) is 11.7 Å². The van der Waals surface area contributed by atoms with Crippen LogP contribution >= 0.6 is 0 Å². The van der Waals surface area contributed by atoms with Crippen LogP contribution in [0.5, 0.6) is 0 Å². The molecule has 1 atom stereocenters. The SMILES string of the molecule is Cc1cccc(Nc2ncnc3cnc(NC(C)CC(=O)O)nc23)c1. The van der Waals surface area contributed by atoms with Crippen LogP contribution in [0.3, 0.4) is 0 Å². The van der Waals surface area contributed by atoms with Crippen molar-refractivity contribution in [2.75, 3.05) is 10.6 Å². The van der Waals surface area contributed by atoms with Crippen LogP contribution in [0.25, 0.3) is 11.0 Å². The van der Waals surface area contributed by atoms with Crippen molar-refractivity contribution in [3.8, 4) is 0 Å². The van der Waals surface area contributed by atoms with Crippen molar-refractivity contribution in [2.24, 2.45) is 0 Å². The van der Waals surface area contributed by atoms with Crippen molar-refractivity contribution >= 4 is 34.5 Å². The first-order valence-corrected chi connectivity index (χ1v) is 7.81. The smallest absolute Gasteiger partial charge is 0.305 e. The molecule has 0 bridgehead atoms. The molecule has 25 heavy (non-hydrogen) atoms. The molecule has 2 aromatic heterocycles. The lowest BCUT2D eigenvalue weighted by Crippen LogP contribution is -2.20. The van der Waals surface area contributed by atoms with E-state index in [1.54, 1.807) is 13.1 Å². The molecule has 0 aliphatic heterocycles. The number of fused-ring (bicyclic) bond motifs is 1. The van der Waals surface area contributed by atoms with Gasteiger partial charge < -0.3 is 15.7 Å². The number of nitrogens with zero attached hydrogens (tertiary/aromatic N) is 4. The maximum absolute atomic E-state index is 10.8. The van der Waals surface area contributed by atoms with Crippen molar-refractivity contribution in [3.05, 3.63) is 42.4 Å². The number of rotatable bonds is 6. The summed E-state index contributed by atoms with van der Waals surface area (Å²) in [6.45, 7) is 3.77. The van der Waals surface area contributed by atoms with Crippen LogP contribution in [0.2, 0.25) is 0 Å². The van der Waals surface area contributed by atoms with Gasteiger partial charge in [-0.3, -0.25) is 4.79 Å². The van der Waals surface area contributed by atoms with E-state index < -0.39 is 5.97 Å². The highest BCUT2D eigenvalue weighted by molar-refractivity contribution is 5.87. The van der Waals surface area contributed by atoms with Crippen LogP contribution in [-0.4, -0.2) is 37.1 Å². The molecule has 0 fully saturated rings. The van der Waals surface area contributed by atoms with E-state index in [1.807, 2.05) is 31.2 Å². The number of carboxylic acid groups (broad SMARTS) is 1. The standard InChI is InChI=1S/C17H18N6O2/c1-10-4-3-5-12(6-10)22-16-15-13(19-9-20-16)8-18-17(23-15)21-11(2)7-14(24)25/h3-6,8-9,11H,7H2,1-2H3,(H,24,25)(H,18,21,23)(H,19,20,22). The Kier molecular flexibility index (Phi) is 4.69. The molecule has 0 radical (unpaired) electrons. The van der Waals surface area contributed by atoms with Crippen molar-refractivity contribution in [3.63, 3.8) is 0 Å². The molecule has 3 N–H and O–H groups in total. The number of aromatic nitrogens is 4. The molecule has 0 saturated carbocycles. The molecule has 0 spiro atoms. The van der Waals surface area contributed by atoms with Crippen molar-refractivity contribution in [1.82, 2.24) is 19.9 Å². The third-order valence-corrected chi connectivity index (χ3v) is 3.51. The minimum atomic E-state index is -0.883. The lowest BCUT2D eigenvalue weighted by Gasteiger charge is -2.12. The summed E-state index contributed by atoms with van der Waals surface area (Å²) in [5, 5.41) is 15.1. The Morgan fingerprint density at radius 3 is 2.88 bits per heavy atom. The molecule has 0 aliphatic carbocycles. The second-order valence-electron chi connectivity index (χ2n) is 5.79. The quantitative estimate of drug-likeness (QED) is 0.629. The lowest BCUT2D eigenvalue weighted by atomic mass is 10.2. The van der Waals surface area contributed by atoms with Gasteiger partial charge in [0.25, 0.3) is 0 Å². The van der Waals surface area contributed by atoms with Gasteiger partial charge in [0.2, 0.25) is 5.95 Å². The summed E-state index contributed by atoms with van der Waals surface area (Å²) in [5.74, 6) is 0.0150. The van der Waals surface area contributed by atoms with E-state index in [2.05, 4.69) is 30.6 Å². The third kappa shape index (κ3) is 4.17. The normalized spacial score (nSPS) is 11.9. The van der Waals surface area contributed by atoms with Gasteiger partial charge >= 0.3 is 5.97 Å². The molecule has 1 unspecified atom stereocenters. The molecule has 128 valence electrons. The van der Waals surface area contributed by atoms with E-state index >= 15 is 0 Å². The first-order valence-electron chi connectivity index (χ1n) is 7.81. The molecular formula is C17H18N6O2. The molecule has 3 rings (SSSR count).